The molecule has 2 aliphatic rings. The molecule has 0 saturated carbocycles. The van der Waals surface area contributed by atoms with Gasteiger partial charge in [0.1, 0.15) is 11.8 Å². The number of esters is 1. The van der Waals surface area contributed by atoms with Crippen molar-refractivity contribution in [3.63, 3.8) is 0 Å². The van der Waals surface area contributed by atoms with Gasteiger partial charge in [0.25, 0.3) is 5.56 Å². The molecule has 5 rings (SSSR count). The molecule has 8 nitrogen and oxygen atoms in total. The summed E-state index contributed by atoms with van der Waals surface area (Å²) in [5, 5.41) is 0. The largest absolute Gasteiger partial charge is 0.496 e. The van der Waals surface area contributed by atoms with Crippen LogP contribution in [0.15, 0.2) is 60.3 Å². The van der Waals surface area contributed by atoms with Crippen LogP contribution in [0.5, 0.6) is 17.2 Å². The van der Waals surface area contributed by atoms with Crippen molar-refractivity contribution in [2.24, 2.45) is 4.99 Å². The molecule has 3 heterocycles. The summed E-state index contributed by atoms with van der Waals surface area (Å²) in [6.07, 6.45) is 3.11. The summed E-state index contributed by atoms with van der Waals surface area (Å²) in [6, 6.07) is 8.39. The van der Waals surface area contributed by atoms with Gasteiger partial charge in [-0.2, -0.15) is 0 Å². The molecule has 0 aliphatic carbocycles. The first kappa shape index (κ1) is 26.7. The van der Waals surface area contributed by atoms with Crippen molar-refractivity contribution in [1.82, 2.24) is 4.57 Å². The highest BCUT2D eigenvalue weighted by Gasteiger charge is 2.36. The molecule has 1 atom stereocenters. The van der Waals surface area contributed by atoms with E-state index in [0.29, 0.717) is 49.8 Å². The van der Waals surface area contributed by atoms with Crippen LogP contribution in [0.3, 0.4) is 0 Å². The number of nitrogens with zero attached hydrogens (tertiary/aromatic N) is 2. The fourth-order valence-electron chi connectivity index (χ4n) is 4.52. The van der Waals surface area contributed by atoms with Crippen LogP contribution in [0, 0.1) is 0 Å². The van der Waals surface area contributed by atoms with E-state index in [9.17, 15) is 9.59 Å². The molecule has 0 radical (unpaired) electrons. The summed E-state index contributed by atoms with van der Waals surface area (Å²) in [7, 11) is 1.56. The zero-order valence-corrected chi connectivity index (χ0v) is 24.9. The Bertz CT molecular complexity index is 1640. The smallest absolute Gasteiger partial charge is 0.338 e. The molecule has 0 N–H and O–H groups in total. The second-order valence-electron chi connectivity index (χ2n) is 8.53. The number of fused-ring (bicyclic) bond motifs is 2. The monoisotopic (exact) mass is 662 g/mol. The third-order valence-electron chi connectivity index (χ3n) is 6.16. The first-order valence-electron chi connectivity index (χ1n) is 12.0. The van der Waals surface area contributed by atoms with Crippen LogP contribution < -0.4 is 29.1 Å². The summed E-state index contributed by atoms with van der Waals surface area (Å²) in [4.78, 5) is 32.7. The number of ether oxygens (including phenoxy) is 4. The molecule has 0 bridgehead atoms. The fourth-order valence-corrected chi connectivity index (χ4v) is 6.35. The Morgan fingerprint density at radius 1 is 1.21 bits per heavy atom. The van der Waals surface area contributed by atoms with Gasteiger partial charge in [-0.3, -0.25) is 9.36 Å². The van der Waals surface area contributed by atoms with Gasteiger partial charge in [0.05, 0.1) is 29.5 Å². The molecular formula is C27H24Br2N2O6S. The highest BCUT2D eigenvalue weighted by atomic mass is 79.9. The molecule has 38 heavy (non-hydrogen) atoms. The summed E-state index contributed by atoms with van der Waals surface area (Å²) < 4.78 is 25.7. The van der Waals surface area contributed by atoms with Gasteiger partial charge in [-0.1, -0.05) is 56.5 Å². The Labute approximate surface area is 239 Å². The molecule has 0 fully saturated rings. The number of hydrogen-bond acceptors (Lipinski definition) is 8. The zero-order chi connectivity index (χ0) is 27.0. The third-order valence-corrected chi connectivity index (χ3v) is 8.32. The minimum atomic E-state index is -0.776. The van der Waals surface area contributed by atoms with Gasteiger partial charge in [0.2, 0.25) is 6.79 Å². The van der Waals surface area contributed by atoms with Crippen molar-refractivity contribution in [2.45, 2.75) is 32.7 Å². The molecule has 3 aromatic rings. The maximum atomic E-state index is 14.0. The number of thiazole rings is 1. The number of carbonyl (C=O) groups excluding carboxylic acids is 1. The van der Waals surface area contributed by atoms with Gasteiger partial charge in [0.15, 0.2) is 16.3 Å². The van der Waals surface area contributed by atoms with E-state index in [2.05, 4.69) is 31.9 Å². The van der Waals surface area contributed by atoms with Crippen molar-refractivity contribution in [2.75, 3.05) is 20.5 Å². The van der Waals surface area contributed by atoms with Crippen LogP contribution in [-0.2, 0) is 9.53 Å². The topological polar surface area (TPSA) is 88.4 Å². The molecule has 2 aliphatic heterocycles. The molecule has 198 valence electrons. The van der Waals surface area contributed by atoms with Crippen LogP contribution >= 0.6 is 43.2 Å². The Balaban J connectivity index is 1.79. The van der Waals surface area contributed by atoms with E-state index in [1.54, 1.807) is 30.7 Å². The van der Waals surface area contributed by atoms with Crippen molar-refractivity contribution < 1.29 is 23.7 Å². The van der Waals surface area contributed by atoms with Gasteiger partial charge < -0.3 is 18.9 Å². The molecule has 1 aromatic heterocycles. The number of allylic oxidation sites excluding steroid dienone is 1. The lowest BCUT2D eigenvalue weighted by atomic mass is 9.93. The highest BCUT2D eigenvalue weighted by molar-refractivity contribution is 9.10. The molecule has 2 aromatic carbocycles. The average Bonchev–Trinajstić information content (AvgIpc) is 3.47. The summed E-state index contributed by atoms with van der Waals surface area (Å²) in [5.41, 5.74) is 2.09. The predicted molar refractivity (Wildman–Crippen MR) is 151 cm³/mol. The maximum Gasteiger partial charge on any atom is 0.338 e. The second kappa shape index (κ2) is 11.1. The van der Waals surface area contributed by atoms with E-state index in [1.165, 1.54) is 11.3 Å². The number of hydrogen-bond donors (Lipinski definition) is 0. The van der Waals surface area contributed by atoms with E-state index in [4.69, 9.17) is 23.9 Å². The summed E-state index contributed by atoms with van der Waals surface area (Å²) >= 11 is 8.37. The predicted octanol–water partition coefficient (Wildman–Crippen LogP) is 4.84. The number of aromatic nitrogens is 1. The molecule has 0 saturated heterocycles. The molecule has 11 heteroatoms. The number of rotatable bonds is 7. The Hall–Kier alpha value is -2.89. The van der Waals surface area contributed by atoms with E-state index in [1.807, 2.05) is 31.2 Å². The molecule has 0 unspecified atom stereocenters. The van der Waals surface area contributed by atoms with Gasteiger partial charge in [-0.15, -0.1) is 0 Å². The lowest BCUT2D eigenvalue weighted by Crippen LogP contribution is -2.40. The van der Waals surface area contributed by atoms with Crippen molar-refractivity contribution in [3.8, 4) is 17.2 Å². The van der Waals surface area contributed by atoms with E-state index in [-0.39, 0.29) is 19.0 Å². The fraction of sp³-hybridized carbons (Fsp3) is 0.296. The van der Waals surface area contributed by atoms with Crippen LogP contribution in [0.4, 0.5) is 0 Å². The highest BCUT2D eigenvalue weighted by Crippen LogP contribution is 2.39. The zero-order valence-electron chi connectivity index (χ0n) is 20.9. The number of halogens is 2. The van der Waals surface area contributed by atoms with Crippen LogP contribution in [-0.4, -0.2) is 31.0 Å². The van der Waals surface area contributed by atoms with E-state index >= 15 is 0 Å². The average molecular weight is 664 g/mol. The van der Waals surface area contributed by atoms with Gasteiger partial charge in [0, 0.05) is 14.5 Å². The standard InChI is InChI=1S/C27H24Br2N2O6S/c1-4-6-18-23(26(33)35-5-2)24(16-11-15(28)7-8-19(16)34-3)31-25(32)22(38-27(31)30-18)10-14-9-20-21(12-17(14)29)37-13-36-20/h7-12,24H,4-6,13H2,1-3H3/b22-10+/t24-/m1/s1. The minimum absolute atomic E-state index is 0.152. The minimum Gasteiger partial charge on any atom is -0.496 e. The quantitative estimate of drug-likeness (QED) is 0.336. The maximum absolute atomic E-state index is 14.0. The number of benzene rings is 2. The van der Waals surface area contributed by atoms with Gasteiger partial charge in [-0.25, -0.2) is 9.79 Å². The first-order chi connectivity index (χ1) is 18.4. The van der Waals surface area contributed by atoms with Crippen molar-refractivity contribution >= 4 is 55.2 Å². The second-order valence-corrected chi connectivity index (χ2v) is 11.3. The third kappa shape index (κ3) is 4.83. The Kier molecular flexibility index (Phi) is 7.78. The summed E-state index contributed by atoms with van der Waals surface area (Å²) in [5.74, 6) is 1.30. The van der Waals surface area contributed by atoms with E-state index < -0.39 is 12.0 Å². The van der Waals surface area contributed by atoms with E-state index in [0.717, 1.165) is 20.9 Å². The van der Waals surface area contributed by atoms with Gasteiger partial charge >= 0.3 is 5.97 Å². The Morgan fingerprint density at radius 2 is 1.97 bits per heavy atom. The first-order valence-corrected chi connectivity index (χ1v) is 14.4. The Morgan fingerprint density at radius 3 is 2.68 bits per heavy atom. The molecule has 0 spiro atoms. The molecular weight excluding hydrogens is 640 g/mol. The van der Waals surface area contributed by atoms with Crippen molar-refractivity contribution in [1.29, 1.82) is 0 Å². The lowest BCUT2D eigenvalue weighted by molar-refractivity contribution is -0.139. The van der Waals surface area contributed by atoms with Crippen LogP contribution in [0.1, 0.15) is 43.9 Å². The normalized spacial score (nSPS) is 16.3. The number of methoxy groups -OCH3 is 1. The van der Waals surface area contributed by atoms with Crippen LogP contribution in [0.2, 0.25) is 0 Å². The lowest BCUT2D eigenvalue weighted by Gasteiger charge is -2.27. The molecule has 0 amide bonds. The van der Waals surface area contributed by atoms with Crippen LogP contribution in [0.25, 0.3) is 6.08 Å². The summed E-state index contributed by atoms with van der Waals surface area (Å²) in [6.45, 7) is 4.13. The SMILES string of the molecule is CCCC1=C(C(=O)OCC)[C@@H](c2cc(Br)ccc2OC)n2c(s/c(=C/c3cc4c(cc3Br)OCO4)c2=O)=N1. The number of carbonyl (C=O) groups is 1. The van der Waals surface area contributed by atoms with Crippen molar-refractivity contribution in [3.05, 3.63) is 81.4 Å². The van der Waals surface area contributed by atoms with Gasteiger partial charge in [-0.05, 0) is 55.3 Å².